The first kappa shape index (κ1) is 15.5. The third-order valence-corrected chi connectivity index (χ3v) is 6.15. The van der Waals surface area contributed by atoms with Crippen LogP contribution in [0.15, 0.2) is 28.6 Å². The minimum Gasteiger partial charge on any atom is -0.335 e. The quantitative estimate of drug-likeness (QED) is 0.727. The van der Waals surface area contributed by atoms with Gasteiger partial charge in [0.05, 0.1) is 5.39 Å². The second-order valence-electron chi connectivity index (χ2n) is 6.91. The Morgan fingerprint density at radius 3 is 2.88 bits per heavy atom. The van der Waals surface area contributed by atoms with Gasteiger partial charge in [0.2, 0.25) is 0 Å². The fraction of sp³-hybridized carbons (Fsp3) is 0.333. The van der Waals surface area contributed by atoms with Crippen LogP contribution in [0.1, 0.15) is 41.7 Å². The van der Waals surface area contributed by atoms with E-state index in [1.165, 1.54) is 17.7 Å². The highest BCUT2D eigenvalue weighted by Gasteiger charge is 2.46. The molecule has 1 spiro atoms. The molecule has 7 nitrogen and oxygen atoms in total. The Morgan fingerprint density at radius 2 is 2.08 bits per heavy atom. The Labute approximate surface area is 153 Å². The minimum atomic E-state index is -0.574. The molecule has 0 radical (unpaired) electrons. The van der Waals surface area contributed by atoms with Crippen molar-refractivity contribution in [1.29, 1.82) is 0 Å². The van der Waals surface area contributed by atoms with E-state index in [1.807, 2.05) is 18.4 Å². The summed E-state index contributed by atoms with van der Waals surface area (Å²) in [5, 5.41) is 9.07. The number of anilines is 2. The Hall–Kier alpha value is -2.74. The predicted molar refractivity (Wildman–Crippen MR) is 100 cm³/mol. The second kappa shape index (κ2) is 5.38. The maximum absolute atomic E-state index is 13.3. The van der Waals surface area contributed by atoms with Crippen LogP contribution in [0.4, 0.5) is 11.5 Å². The van der Waals surface area contributed by atoms with Crippen LogP contribution in [0.25, 0.3) is 10.2 Å². The van der Waals surface area contributed by atoms with Gasteiger partial charge in [-0.1, -0.05) is 0 Å². The van der Waals surface area contributed by atoms with E-state index in [2.05, 4.69) is 20.6 Å². The maximum Gasteiger partial charge on any atom is 0.276 e. The van der Waals surface area contributed by atoms with Crippen LogP contribution in [-0.2, 0) is 5.66 Å². The number of aryl methyl sites for hydroxylation is 1. The van der Waals surface area contributed by atoms with Gasteiger partial charge >= 0.3 is 0 Å². The highest BCUT2D eigenvalue weighted by molar-refractivity contribution is 7.16. The van der Waals surface area contributed by atoms with Gasteiger partial charge in [0.15, 0.2) is 0 Å². The van der Waals surface area contributed by atoms with Crippen LogP contribution in [0, 0.1) is 6.92 Å². The lowest BCUT2D eigenvalue weighted by Gasteiger charge is -2.26. The van der Waals surface area contributed by atoms with Crippen molar-refractivity contribution >= 4 is 39.0 Å². The van der Waals surface area contributed by atoms with E-state index in [-0.39, 0.29) is 11.5 Å². The molecule has 8 heteroatoms. The molecule has 3 aromatic rings. The summed E-state index contributed by atoms with van der Waals surface area (Å²) in [7, 11) is 0. The smallest absolute Gasteiger partial charge is 0.276 e. The molecule has 1 fully saturated rings. The topological polar surface area (TPSA) is 88.9 Å². The van der Waals surface area contributed by atoms with Crippen LogP contribution < -0.4 is 16.2 Å². The predicted octanol–water partition coefficient (Wildman–Crippen LogP) is 2.88. The number of hydrogen-bond donors (Lipinski definition) is 2. The minimum absolute atomic E-state index is 0.157. The molecule has 0 unspecified atom stereocenters. The normalized spacial score (nSPS) is 17.7. The zero-order chi connectivity index (χ0) is 17.9. The summed E-state index contributed by atoms with van der Waals surface area (Å²) in [6.45, 7) is 1.87. The zero-order valence-electron chi connectivity index (χ0n) is 14.2. The molecule has 2 N–H and O–H groups in total. The number of nitrogens with one attached hydrogen (secondary N) is 2. The molecule has 5 rings (SSSR count). The van der Waals surface area contributed by atoms with E-state index in [0.29, 0.717) is 17.2 Å². The zero-order valence-corrected chi connectivity index (χ0v) is 15.0. The van der Waals surface area contributed by atoms with E-state index < -0.39 is 5.66 Å². The lowest BCUT2D eigenvalue weighted by molar-refractivity contribution is 0.0920. The number of hydrogen-bond acceptors (Lipinski definition) is 6. The van der Waals surface area contributed by atoms with Crippen LogP contribution in [0.2, 0.25) is 0 Å². The van der Waals surface area contributed by atoms with Crippen molar-refractivity contribution in [3.8, 4) is 0 Å². The molecule has 1 amide bonds. The molecule has 1 saturated carbocycles. The lowest BCUT2D eigenvalue weighted by atomic mass is 10.1. The van der Waals surface area contributed by atoms with Gasteiger partial charge in [-0.25, -0.2) is 9.97 Å². The van der Waals surface area contributed by atoms with Gasteiger partial charge in [0, 0.05) is 0 Å². The van der Waals surface area contributed by atoms with Crippen molar-refractivity contribution in [2.24, 2.45) is 0 Å². The van der Waals surface area contributed by atoms with Crippen molar-refractivity contribution in [3.63, 3.8) is 0 Å². The fourth-order valence-electron chi connectivity index (χ4n) is 4.18. The fourth-order valence-corrected chi connectivity index (χ4v) is 4.91. The number of aromatic nitrogens is 3. The Morgan fingerprint density at radius 1 is 1.27 bits per heavy atom. The van der Waals surface area contributed by atoms with E-state index in [9.17, 15) is 9.59 Å². The average Bonchev–Trinajstić information content (AvgIpc) is 3.32. The van der Waals surface area contributed by atoms with E-state index in [4.69, 9.17) is 0 Å². The third kappa shape index (κ3) is 2.05. The number of thiophene rings is 1. The lowest BCUT2D eigenvalue weighted by Crippen LogP contribution is -2.45. The first-order valence-corrected chi connectivity index (χ1v) is 9.52. The molecule has 0 saturated heterocycles. The van der Waals surface area contributed by atoms with Gasteiger partial charge in [0.1, 0.15) is 34.0 Å². The highest BCUT2D eigenvalue weighted by Crippen LogP contribution is 2.39. The summed E-state index contributed by atoms with van der Waals surface area (Å²) >= 11 is 1.53. The van der Waals surface area contributed by atoms with Crippen molar-refractivity contribution in [2.45, 2.75) is 38.3 Å². The van der Waals surface area contributed by atoms with E-state index >= 15 is 0 Å². The molecule has 1 aliphatic carbocycles. The van der Waals surface area contributed by atoms with E-state index in [0.717, 1.165) is 41.5 Å². The molecule has 132 valence electrons. The van der Waals surface area contributed by atoms with Crippen molar-refractivity contribution in [1.82, 2.24) is 19.9 Å². The second-order valence-corrected chi connectivity index (χ2v) is 7.80. The van der Waals surface area contributed by atoms with Crippen LogP contribution in [-0.4, -0.2) is 20.4 Å². The SMILES string of the molecule is Cc1cc(Nc2ncnc3sccc23)c(=O)n2c1C(=O)NC21CCCC1. The first-order valence-electron chi connectivity index (χ1n) is 8.64. The largest absolute Gasteiger partial charge is 0.335 e. The molecule has 0 atom stereocenters. The molecular weight excluding hydrogens is 350 g/mol. The monoisotopic (exact) mass is 367 g/mol. The summed E-state index contributed by atoms with van der Waals surface area (Å²) in [6.07, 6.45) is 5.07. The Kier molecular flexibility index (Phi) is 3.21. The standard InChI is InChI=1S/C18H17N5O2S/c1-10-8-12(21-14-11-4-7-26-16(11)20-9-19-14)17(25)23-13(10)15(24)22-18(23)5-2-3-6-18/h4,7-9H,2-3,5-6H2,1H3,(H,22,24)(H,19,20,21). The van der Waals surface area contributed by atoms with E-state index in [1.54, 1.807) is 10.6 Å². The number of nitrogens with zero attached hydrogens (tertiary/aromatic N) is 3. The number of rotatable bonds is 2. The number of amides is 1. The van der Waals surface area contributed by atoms with Gasteiger partial charge in [-0.15, -0.1) is 11.3 Å². The number of carbonyl (C=O) groups excluding carboxylic acids is 1. The number of pyridine rings is 1. The van der Waals surface area contributed by atoms with Gasteiger partial charge in [0.25, 0.3) is 11.5 Å². The van der Waals surface area contributed by atoms with Gasteiger partial charge in [-0.3, -0.25) is 14.2 Å². The van der Waals surface area contributed by atoms with Crippen LogP contribution in [0.5, 0.6) is 0 Å². The maximum atomic E-state index is 13.3. The van der Waals surface area contributed by atoms with Crippen molar-refractivity contribution < 1.29 is 4.79 Å². The number of fused-ring (bicyclic) bond motifs is 3. The molecule has 26 heavy (non-hydrogen) atoms. The Balaban J connectivity index is 1.68. The Bertz CT molecular complexity index is 1110. The van der Waals surface area contributed by atoms with Gasteiger partial charge < -0.3 is 10.6 Å². The third-order valence-electron chi connectivity index (χ3n) is 5.33. The summed E-state index contributed by atoms with van der Waals surface area (Å²) in [5.74, 6) is 0.446. The van der Waals surface area contributed by atoms with Crippen molar-refractivity contribution in [2.75, 3.05) is 5.32 Å². The summed E-state index contributed by atoms with van der Waals surface area (Å²) in [6, 6.07) is 3.67. The molecule has 1 aliphatic heterocycles. The molecule has 4 heterocycles. The summed E-state index contributed by atoms with van der Waals surface area (Å²) in [4.78, 5) is 35.2. The molecule has 0 aromatic carbocycles. The van der Waals surface area contributed by atoms with Crippen molar-refractivity contribution in [3.05, 3.63) is 45.5 Å². The van der Waals surface area contributed by atoms with Gasteiger partial charge in [-0.05, 0) is 55.7 Å². The van der Waals surface area contributed by atoms with Crippen LogP contribution in [0.3, 0.4) is 0 Å². The first-order chi connectivity index (χ1) is 12.6. The summed E-state index contributed by atoms with van der Waals surface area (Å²) in [5.41, 5.74) is 0.929. The van der Waals surface area contributed by atoms with Gasteiger partial charge in [-0.2, -0.15) is 0 Å². The average molecular weight is 367 g/mol. The number of carbonyl (C=O) groups is 1. The molecule has 0 bridgehead atoms. The highest BCUT2D eigenvalue weighted by atomic mass is 32.1. The molecule has 3 aromatic heterocycles. The van der Waals surface area contributed by atoms with Crippen LogP contribution >= 0.6 is 11.3 Å². The molecule has 2 aliphatic rings. The molecular formula is C18H17N5O2S. The summed E-state index contributed by atoms with van der Waals surface area (Å²) < 4.78 is 1.67.